The third-order valence-electron chi connectivity index (χ3n) is 4.39. The van der Waals surface area contributed by atoms with E-state index in [1.165, 1.54) is 22.3 Å². The molecule has 2 aliphatic rings. The molecule has 0 bridgehead atoms. The lowest BCUT2D eigenvalue weighted by Crippen LogP contribution is -2.28. The highest BCUT2D eigenvalue weighted by Crippen LogP contribution is 2.41. The van der Waals surface area contributed by atoms with E-state index in [1.54, 1.807) is 18.2 Å². The van der Waals surface area contributed by atoms with Gasteiger partial charge in [0.1, 0.15) is 5.82 Å². The van der Waals surface area contributed by atoms with Crippen LogP contribution < -0.4 is 10.2 Å². The summed E-state index contributed by atoms with van der Waals surface area (Å²) in [5, 5.41) is 5.33. The zero-order valence-corrected chi connectivity index (χ0v) is 13.7. The zero-order valence-electron chi connectivity index (χ0n) is 12.9. The van der Waals surface area contributed by atoms with Gasteiger partial charge in [0.05, 0.1) is 17.3 Å². The van der Waals surface area contributed by atoms with Crippen molar-refractivity contribution in [3.05, 3.63) is 41.2 Å². The van der Waals surface area contributed by atoms with Crippen molar-refractivity contribution in [1.82, 2.24) is 4.98 Å². The maximum Gasteiger partial charge on any atom is 0.231 e. The van der Waals surface area contributed by atoms with E-state index < -0.39 is 11.7 Å². The first-order valence-corrected chi connectivity index (χ1v) is 8.81. The topological polar surface area (TPSA) is 62.3 Å². The molecular weight excluding hydrogens is 329 g/mol. The van der Waals surface area contributed by atoms with Crippen molar-refractivity contribution in [2.45, 2.75) is 25.2 Å². The smallest absolute Gasteiger partial charge is 0.231 e. The molecular formula is C17H16FN3O2S. The lowest BCUT2D eigenvalue weighted by molar-refractivity contribution is -0.122. The summed E-state index contributed by atoms with van der Waals surface area (Å²) >= 11 is 1.40. The Morgan fingerprint density at radius 1 is 1.33 bits per heavy atom. The quantitative estimate of drug-likeness (QED) is 0.926. The standard InChI is InChI=1S/C17H16FN3O2S/c18-12-3-1-2-4-14(12)21-8-11(7-15(21)22)16(23)20-17-19-13(9-24-17)10-5-6-10/h1-4,9-11H,5-8H2,(H,19,20,23). The third kappa shape index (κ3) is 2.91. The minimum absolute atomic E-state index is 0.0844. The Kier molecular flexibility index (Phi) is 3.80. The van der Waals surface area contributed by atoms with Crippen LogP contribution in [0.5, 0.6) is 0 Å². The summed E-state index contributed by atoms with van der Waals surface area (Å²) < 4.78 is 13.9. The number of carbonyl (C=O) groups excluding carboxylic acids is 2. The van der Waals surface area contributed by atoms with E-state index in [2.05, 4.69) is 10.3 Å². The highest BCUT2D eigenvalue weighted by Gasteiger charge is 2.36. The number of carbonyl (C=O) groups is 2. The Morgan fingerprint density at radius 3 is 2.88 bits per heavy atom. The average Bonchev–Trinajstić information content (AvgIpc) is 3.19. The summed E-state index contributed by atoms with van der Waals surface area (Å²) in [6, 6.07) is 6.11. The van der Waals surface area contributed by atoms with Crippen LogP contribution in [0.25, 0.3) is 0 Å². The van der Waals surface area contributed by atoms with Gasteiger partial charge in [0.2, 0.25) is 11.8 Å². The van der Waals surface area contributed by atoms with Crippen LogP contribution in [0.2, 0.25) is 0 Å². The summed E-state index contributed by atoms with van der Waals surface area (Å²) in [7, 11) is 0. The van der Waals surface area contributed by atoms with Crippen LogP contribution in [0.15, 0.2) is 29.6 Å². The number of amides is 2. The van der Waals surface area contributed by atoms with Gasteiger partial charge in [-0.05, 0) is 25.0 Å². The largest absolute Gasteiger partial charge is 0.309 e. The van der Waals surface area contributed by atoms with Crippen LogP contribution in [0.1, 0.15) is 30.9 Å². The minimum atomic E-state index is -0.495. The van der Waals surface area contributed by atoms with Crippen molar-refractivity contribution in [3.63, 3.8) is 0 Å². The molecule has 1 saturated carbocycles. The van der Waals surface area contributed by atoms with Gasteiger partial charge >= 0.3 is 0 Å². The van der Waals surface area contributed by atoms with Gasteiger partial charge in [0, 0.05) is 24.3 Å². The highest BCUT2D eigenvalue weighted by atomic mass is 32.1. The molecule has 1 aliphatic heterocycles. The number of nitrogens with one attached hydrogen (secondary N) is 1. The third-order valence-corrected chi connectivity index (χ3v) is 5.16. The van der Waals surface area contributed by atoms with Crippen molar-refractivity contribution < 1.29 is 14.0 Å². The first kappa shape index (κ1) is 15.3. The Hall–Kier alpha value is -2.28. The van der Waals surface area contributed by atoms with E-state index >= 15 is 0 Å². The number of anilines is 2. The molecule has 1 aromatic heterocycles. The molecule has 2 amide bonds. The van der Waals surface area contributed by atoms with E-state index in [9.17, 15) is 14.0 Å². The number of nitrogens with zero attached hydrogens (tertiary/aromatic N) is 2. The fourth-order valence-electron chi connectivity index (χ4n) is 2.90. The van der Waals surface area contributed by atoms with Crippen LogP contribution in [0, 0.1) is 11.7 Å². The zero-order chi connectivity index (χ0) is 16.7. The second kappa shape index (κ2) is 5.98. The molecule has 0 radical (unpaired) electrons. The lowest BCUT2D eigenvalue weighted by Gasteiger charge is -2.17. The summed E-state index contributed by atoms with van der Waals surface area (Å²) in [6.07, 6.45) is 2.40. The van der Waals surface area contributed by atoms with Gasteiger partial charge in [-0.3, -0.25) is 9.59 Å². The molecule has 1 atom stereocenters. The first-order chi connectivity index (χ1) is 11.6. The number of para-hydroxylation sites is 1. The molecule has 124 valence electrons. The molecule has 0 spiro atoms. The molecule has 4 rings (SSSR count). The van der Waals surface area contributed by atoms with Gasteiger partial charge in [-0.1, -0.05) is 12.1 Å². The number of aromatic nitrogens is 1. The molecule has 1 aromatic carbocycles. The maximum atomic E-state index is 13.9. The number of halogens is 1. The van der Waals surface area contributed by atoms with Crippen molar-refractivity contribution in [2.24, 2.45) is 5.92 Å². The number of thiazole rings is 1. The normalized spacial score (nSPS) is 20.5. The van der Waals surface area contributed by atoms with Crippen molar-refractivity contribution in [2.75, 3.05) is 16.8 Å². The van der Waals surface area contributed by atoms with E-state index in [4.69, 9.17) is 0 Å². The second-order valence-corrected chi connectivity index (χ2v) is 7.06. The monoisotopic (exact) mass is 345 g/mol. The Labute approximate surface area is 142 Å². The number of hydrogen-bond donors (Lipinski definition) is 1. The highest BCUT2D eigenvalue weighted by molar-refractivity contribution is 7.13. The molecule has 7 heteroatoms. The predicted molar refractivity (Wildman–Crippen MR) is 89.6 cm³/mol. The van der Waals surface area contributed by atoms with E-state index in [1.807, 2.05) is 5.38 Å². The van der Waals surface area contributed by atoms with E-state index in [0.717, 1.165) is 18.5 Å². The van der Waals surface area contributed by atoms with Crippen LogP contribution in [0.3, 0.4) is 0 Å². The molecule has 1 saturated heterocycles. The molecule has 2 aromatic rings. The van der Waals surface area contributed by atoms with Gasteiger partial charge in [0.25, 0.3) is 0 Å². The lowest BCUT2D eigenvalue weighted by atomic mass is 10.1. The van der Waals surface area contributed by atoms with Gasteiger partial charge < -0.3 is 10.2 Å². The van der Waals surface area contributed by atoms with Gasteiger partial charge in [-0.2, -0.15) is 0 Å². The molecule has 2 fully saturated rings. The number of rotatable bonds is 4. The molecule has 2 heterocycles. The predicted octanol–water partition coefficient (Wildman–Crippen LogP) is 3.15. The molecule has 24 heavy (non-hydrogen) atoms. The van der Waals surface area contributed by atoms with Crippen molar-refractivity contribution in [1.29, 1.82) is 0 Å². The fraction of sp³-hybridized carbons (Fsp3) is 0.353. The fourth-order valence-corrected chi connectivity index (χ4v) is 3.70. The Morgan fingerprint density at radius 2 is 2.12 bits per heavy atom. The first-order valence-electron chi connectivity index (χ1n) is 7.93. The van der Waals surface area contributed by atoms with Crippen molar-refractivity contribution >= 4 is 34.0 Å². The van der Waals surface area contributed by atoms with Crippen LogP contribution >= 0.6 is 11.3 Å². The van der Waals surface area contributed by atoms with Crippen LogP contribution in [0.4, 0.5) is 15.2 Å². The summed E-state index contributed by atoms with van der Waals surface area (Å²) in [4.78, 5) is 30.3. The van der Waals surface area contributed by atoms with E-state index in [-0.39, 0.29) is 30.5 Å². The van der Waals surface area contributed by atoms with Gasteiger partial charge in [-0.25, -0.2) is 9.37 Å². The number of benzene rings is 1. The van der Waals surface area contributed by atoms with Crippen LogP contribution in [-0.2, 0) is 9.59 Å². The number of hydrogen-bond acceptors (Lipinski definition) is 4. The molecule has 1 unspecified atom stereocenters. The maximum absolute atomic E-state index is 13.9. The summed E-state index contributed by atoms with van der Waals surface area (Å²) in [5.74, 6) is -0.889. The summed E-state index contributed by atoms with van der Waals surface area (Å²) in [6.45, 7) is 0.187. The molecule has 1 aliphatic carbocycles. The Balaban J connectivity index is 1.44. The van der Waals surface area contributed by atoms with Gasteiger partial charge in [0.15, 0.2) is 5.13 Å². The van der Waals surface area contributed by atoms with Crippen LogP contribution in [-0.4, -0.2) is 23.3 Å². The summed E-state index contributed by atoms with van der Waals surface area (Å²) in [5.41, 5.74) is 1.26. The molecule has 1 N–H and O–H groups in total. The van der Waals surface area contributed by atoms with Crippen molar-refractivity contribution in [3.8, 4) is 0 Å². The second-order valence-electron chi connectivity index (χ2n) is 6.20. The average molecular weight is 345 g/mol. The molecule has 5 nitrogen and oxygen atoms in total. The van der Waals surface area contributed by atoms with E-state index in [0.29, 0.717) is 11.0 Å². The SMILES string of the molecule is O=C(Nc1nc(C2CC2)cs1)C1CC(=O)N(c2ccccc2F)C1. The minimum Gasteiger partial charge on any atom is -0.309 e. The Bertz CT molecular complexity index is 803. The van der Waals surface area contributed by atoms with Gasteiger partial charge in [-0.15, -0.1) is 11.3 Å².